The van der Waals surface area contributed by atoms with E-state index in [9.17, 15) is 4.79 Å². The molecular weight excluding hydrogens is 318 g/mol. The van der Waals surface area contributed by atoms with Crippen LogP contribution in [0, 0.1) is 0 Å². The lowest BCUT2D eigenvalue weighted by Gasteiger charge is -2.35. The second-order valence-corrected chi connectivity index (χ2v) is 6.73. The predicted octanol–water partition coefficient (Wildman–Crippen LogP) is 2.11. The summed E-state index contributed by atoms with van der Waals surface area (Å²) in [5, 5.41) is 2.96. The highest BCUT2D eigenvalue weighted by molar-refractivity contribution is 5.80. The van der Waals surface area contributed by atoms with E-state index < -0.39 is 0 Å². The zero-order valence-corrected chi connectivity index (χ0v) is 14.1. The number of hydrogen-bond donors (Lipinski definition) is 1. The Bertz CT molecular complexity index is 689. The van der Waals surface area contributed by atoms with Crippen LogP contribution in [0.15, 0.2) is 47.3 Å². The highest BCUT2D eigenvalue weighted by atomic mass is 16.5. The standard InChI is InChI=1S/C19H23N3O3/c23-19(21-12-14-3-1-8-20-11-14)18-6-5-16-17(25-18)7-9-22(16)13-15-4-2-10-24-15/h1-4,8,10-11,16-18H,5-7,9,12-13H2,(H,21,23)/t16-,17-,18-/m1/s1. The van der Waals surface area contributed by atoms with Gasteiger partial charge in [0.05, 0.1) is 18.9 Å². The number of hydrogen-bond acceptors (Lipinski definition) is 5. The Balaban J connectivity index is 1.29. The van der Waals surface area contributed by atoms with Gasteiger partial charge in [0, 0.05) is 31.5 Å². The molecule has 6 heteroatoms. The summed E-state index contributed by atoms with van der Waals surface area (Å²) >= 11 is 0. The molecule has 2 aromatic rings. The van der Waals surface area contributed by atoms with E-state index in [0.717, 1.165) is 43.7 Å². The zero-order valence-electron chi connectivity index (χ0n) is 14.1. The summed E-state index contributed by atoms with van der Waals surface area (Å²) in [6, 6.07) is 8.13. The fraction of sp³-hybridized carbons (Fsp3) is 0.474. The number of furan rings is 1. The van der Waals surface area contributed by atoms with Gasteiger partial charge >= 0.3 is 0 Å². The lowest BCUT2D eigenvalue weighted by Crippen LogP contribution is -2.47. The summed E-state index contributed by atoms with van der Waals surface area (Å²) in [4.78, 5) is 18.9. The Kier molecular flexibility index (Phi) is 4.81. The van der Waals surface area contributed by atoms with Crippen LogP contribution < -0.4 is 5.32 Å². The minimum absolute atomic E-state index is 0.0215. The van der Waals surface area contributed by atoms with E-state index in [0.29, 0.717) is 12.6 Å². The fourth-order valence-electron chi connectivity index (χ4n) is 3.81. The summed E-state index contributed by atoms with van der Waals surface area (Å²) in [5.74, 6) is 0.962. The minimum Gasteiger partial charge on any atom is -0.468 e. The van der Waals surface area contributed by atoms with Gasteiger partial charge in [0.25, 0.3) is 0 Å². The molecule has 0 aromatic carbocycles. The van der Waals surface area contributed by atoms with Crippen LogP contribution in [0.5, 0.6) is 0 Å². The predicted molar refractivity (Wildman–Crippen MR) is 91.5 cm³/mol. The van der Waals surface area contributed by atoms with Gasteiger partial charge < -0.3 is 14.5 Å². The molecule has 2 aliphatic rings. The number of pyridine rings is 1. The maximum absolute atomic E-state index is 12.4. The summed E-state index contributed by atoms with van der Waals surface area (Å²) in [6.07, 6.45) is 7.71. The first-order valence-corrected chi connectivity index (χ1v) is 8.88. The summed E-state index contributed by atoms with van der Waals surface area (Å²) in [7, 11) is 0. The van der Waals surface area contributed by atoms with Gasteiger partial charge in [-0.2, -0.15) is 0 Å². The molecule has 2 fully saturated rings. The molecule has 0 radical (unpaired) electrons. The van der Waals surface area contributed by atoms with Crippen molar-refractivity contribution >= 4 is 5.91 Å². The zero-order chi connectivity index (χ0) is 17.1. The summed E-state index contributed by atoms with van der Waals surface area (Å²) < 4.78 is 11.6. The van der Waals surface area contributed by atoms with Gasteiger partial charge in [0.15, 0.2) is 0 Å². The number of likely N-dealkylation sites (tertiary alicyclic amines) is 1. The number of amides is 1. The Hall–Kier alpha value is -2.18. The molecule has 4 rings (SSSR count). The molecule has 0 aliphatic carbocycles. The van der Waals surface area contributed by atoms with E-state index in [1.54, 1.807) is 18.7 Å². The molecule has 0 bridgehead atoms. The quantitative estimate of drug-likeness (QED) is 0.902. The highest BCUT2D eigenvalue weighted by Crippen LogP contribution is 2.32. The van der Waals surface area contributed by atoms with Crippen molar-refractivity contribution in [2.75, 3.05) is 6.54 Å². The number of nitrogens with one attached hydrogen (secondary N) is 1. The van der Waals surface area contributed by atoms with E-state index in [2.05, 4.69) is 15.2 Å². The largest absolute Gasteiger partial charge is 0.468 e. The molecule has 0 saturated carbocycles. The number of carbonyl (C=O) groups is 1. The Morgan fingerprint density at radius 3 is 3.04 bits per heavy atom. The summed E-state index contributed by atoms with van der Waals surface area (Å²) in [5.41, 5.74) is 0.995. The first-order chi connectivity index (χ1) is 12.3. The third kappa shape index (κ3) is 3.75. The van der Waals surface area contributed by atoms with Crippen LogP contribution in [0.25, 0.3) is 0 Å². The molecule has 1 amide bonds. The van der Waals surface area contributed by atoms with Gasteiger partial charge in [-0.3, -0.25) is 14.7 Å². The molecule has 2 aliphatic heterocycles. The molecule has 25 heavy (non-hydrogen) atoms. The Labute approximate surface area is 147 Å². The molecule has 0 unspecified atom stereocenters. The van der Waals surface area contributed by atoms with Crippen LogP contribution in [-0.2, 0) is 22.6 Å². The molecule has 4 heterocycles. The molecule has 3 atom stereocenters. The molecule has 6 nitrogen and oxygen atoms in total. The maximum atomic E-state index is 12.4. The highest BCUT2D eigenvalue weighted by Gasteiger charge is 2.41. The van der Waals surface area contributed by atoms with Crippen LogP contribution in [0.4, 0.5) is 0 Å². The van der Waals surface area contributed by atoms with Crippen molar-refractivity contribution in [3.05, 3.63) is 54.2 Å². The average molecular weight is 341 g/mol. The van der Waals surface area contributed by atoms with E-state index in [1.807, 2.05) is 24.3 Å². The summed E-state index contributed by atoms with van der Waals surface area (Å²) in [6.45, 7) is 2.29. The molecule has 2 saturated heterocycles. The van der Waals surface area contributed by atoms with Crippen molar-refractivity contribution in [1.29, 1.82) is 0 Å². The van der Waals surface area contributed by atoms with Crippen LogP contribution >= 0.6 is 0 Å². The lowest BCUT2D eigenvalue weighted by molar-refractivity contribution is -0.144. The molecule has 0 spiro atoms. The smallest absolute Gasteiger partial charge is 0.249 e. The average Bonchev–Trinajstić information content (AvgIpc) is 3.31. The number of ether oxygens (including phenoxy) is 1. The van der Waals surface area contributed by atoms with E-state index >= 15 is 0 Å². The van der Waals surface area contributed by atoms with Crippen molar-refractivity contribution in [1.82, 2.24) is 15.2 Å². The lowest BCUT2D eigenvalue weighted by atomic mass is 9.98. The third-order valence-electron chi connectivity index (χ3n) is 5.08. The van der Waals surface area contributed by atoms with Gasteiger partial charge in [-0.25, -0.2) is 0 Å². The van der Waals surface area contributed by atoms with Crippen molar-refractivity contribution in [3.8, 4) is 0 Å². The number of carbonyl (C=O) groups excluding carboxylic acids is 1. The number of rotatable bonds is 5. The first kappa shape index (κ1) is 16.3. The van der Waals surface area contributed by atoms with Crippen molar-refractivity contribution in [2.45, 2.75) is 50.6 Å². The number of aromatic nitrogens is 1. The minimum atomic E-state index is -0.346. The van der Waals surface area contributed by atoms with Crippen molar-refractivity contribution in [3.63, 3.8) is 0 Å². The van der Waals surface area contributed by atoms with Crippen LogP contribution in [-0.4, -0.2) is 40.6 Å². The fourth-order valence-corrected chi connectivity index (χ4v) is 3.81. The van der Waals surface area contributed by atoms with Crippen molar-refractivity contribution < 1.29 is 13.9 Å². The van der Waals surface area contributed by atoms with E-state index in [-0.39, 0.29) is 18.1 Å². The van der Waals surface area contributed by atoms with Crippen LogP contribution in [0.1, 0.15) is 30.6 Å². The van der Waals surface area contributed by atoms with Gasteiger partial charge in [-0.05, 0) is 43.0 Å². The van der Waals surface area contributed by atoms with E-state index in [1.165, 1.54) is 0 Å². The Morgan fingerprint density at radius 1 is 1.28 bits per heavy atom. The molecule has 2 aromatic heterocycles. The second kappa shape index (κ2) is 7.37. The maximum Gasteiger partial charge on any atom is 0.249 e. The Morgan fingerprint density at radius 2 is 2.24 bits per heavy atom. The third-order valence-corrected chi connectivity index (χ3v) is 5.08. The first-order valence-electron chi connectivity index (χ1n) is 8.88. The van der Waals surface area contributed by atoms with Gasteiger partial charge in [0.2, 0.25) is 5.91 Å². The second-order valence-electron chi connectivity index (χ2n) is 6.73. The van der Waals surface area contributed by atoms with Crippen molar-refractivity contribution in [2.24, 2.45) is 0 Å². The molecule has 132 valence electrons. The SMILES string of the molecule is O=C(NCc1cccnc1)[C@H]1CC[C@@H]2[C@@H](CCN2Cc2ccco2)O1. The molecular formula is C19H23N3O3. The van der Waals surface area contributed by atoms with Crippen LogP contribution in [0.3, 0.4) is 0 Å². The normalized spacial score (nSPS) is 26.3. The number of fused-ring (bicyclic) bond motifs is 1. The van der Waals surface area contributed by atoms with Crippen LogP contribution in [0.2, 0.25) is 0 Å². The van der Waals surface area contributed by atoms with Gasteiger partial charge in [0.1, 0.15) is 11.9 Å². The number of nitrogens with zero attached hydrogens (tertiary/aromatic N) is 2. The monoisotopic (exact) mass is 341 g/mol. The van der Waals surface area contributed by atoms with Gasteiger partial charge in [-0.15, -0.1) is 0 Å². The van der Waals surface area contributed by atoms with Gasteiger partial charge in [-0.1, -0.05) is 6.07 Å². The molecule has 1 N–H and O–H groups in total. The topological polar surface area (TPSA) is 67.6 Å². The van der Waals surface area contributed by atoms with E-state index in [4.69, 9.17) is 9.15 Å².